The van der Waals surface area contributed by atoms with Crippen LogP contribution in [0.1, 0.15) is 31.4 Å². The Hall–Kier alpha value is -0.870. The number of aliphatic hydroxyl groups is 1. The molecule has 1 aromatic heterocycles. The average molecular weight is 237 g/mol. The standard InChI is InChI=1S/C13H23N3O/c1-15(2)13(7-4-5-8-13)12(17)10-11-6-9-16(3)14-11/h6,9,12,17H,4-5,7-8,10H2,1-3H3. The van der Waals surface area contributed by atoms with E-state index in [1.165, 1.54) is 12.8 Å². The minimum absolute atomic E-state index is 0.0441. The van der Waals surface area contributed by atoms with Crippen LogP contribution in [-0.4, -0.2) is 45.5 Å². The number of aromatic nitrogens is 2. The van der Waals surface area contributed by atoms with Crippen LogP contribution in [0, 0.1) is 0 Å². The zero-order valence-corrected chi connectivity index (χ0v) is 11.1. The number of nitrogens with zero attached hydrogens (tertiary/aromatic N) is 3. The van der Waals surface area contributed by atoms with Crippen molar-refractivity contribution < 1.29 is 5.11 Å². The molecule has 0 bridgehead atoms. The van der Waals surface area contributed by atoms with E-state index in [0.717, 1.165) is 18.5 Å². The largest absolute Gasteiger partial charge is 0.391 e. The molecule has 17 heavy (non-hydrogen) atoms. The van der Waals surface area contributed by atoms with Gasteiger partial charge in [0.15, 0.2) is 0 Å². The van der Waals surface area contributed by atoms with Gasteiger partial charge in [-0.1, -0.05) is 12.8 Å². The molecule has 2 rings (SSSR count). The Morgan fingerprint density at radius 3 is 2.59 bits per heavy atom. The molecule has 0 saturated heterocycles. The summed E-state index contributed by atoms with van der Waals surface area (Å²) >= 11 is 0. The molecule has 0 aliphatic heterocycles. The lowest BCUT2D eigenvalue weighted by molar-refractivity contribution is -0.00308. The fourth-order valence-electron chi connectivity index (χ4n) is 3.03. The maximum atomic E-state index is 10.5. The molecule has 1 aliphatic rings. The lowest BCUT2D eigenvalue weighted by Crippen LogP contribution is -2.52. The smallest absolute Gasteiger partial charge is 0.0779 e. The molecule has 1 N–H and O–H groups in total. The van der Waals surface area contributed by atoms with Crippen LogP contribution in [0.2, 0.25) is 0 Å². The van der Waals surface area contributed by atoms with Crippen LogP contribution in [0.3, 0.4) is 0 Å². The van der Waals surface area contributed by atoms with Gasteiger partial charge in [0.25, 0.3) is 0 Å². The summed E-state index contributed by atoms with van der Waals surface area (Å²) in [5.74, 6) is 0. The Bertz CT molecular complexity index is 366. The van der Waals surface area contributed by atoms with Gasteiger partial charge in [-0.2, -0.15) is 5.10 Å². The van der Waals surface area contributed by atoms with Crippen LogP contribution in [0.5, 0.6) is 0 Å². The highest BCUT2D eigenvalue weighted by Gasteiger charge is 2.42. The van der Waals surface area contributed by atoms with E-state index in [1.807, 2.05) is 19.3 Å². The maximum absolute atomic E-state index is 10.5. The number of aliphatic hydroxyl groups excluding tert-OH is 1. The average Bonchev–Trinajstić information content (AvgIpc) is 2.87. The molecule has 4 heteroatoms. The van der Waals surface area contributed by atoms with Crippen molar-refractivity contribution in [3.05, 3.63) is 18.0 Å². The molecule has 1 unspecified atom stereocenters. The molecule has 1 heterocycles. The molecule has 0 aromatic carbocycles. The summed E-state index contributed by atoms with van der Waals surface area (Å²) in [5, 5.41) is 14.9. The van der Waals surface area contributed by atoms with Gasteiger partial charge in [0.1, 0.15) is 0 Å². The van der Waals surface area contributed by atoms with Gasteiger partial charge in [-0.25, -0.2) is 0 Å². The van der Waals surface area contributed by atoms with E-state index in [1.54, 1.807) is 4.68 Å². The first-order valence-electron chi connectivity index (χ1n) is 6.38. The van der Waals surface area contributed by atoms with E-state index >= 15 is 0 Å². The quantitative estimate of drug-likeness (QED) is 0.855. The van der Waals surface area contributed by atoms with Crippen molar-refractivity contribution in [1.82, 2.24) is 14.7 Å². The van der Waals surface area contributed by atoms with Gasteiger partial charge in [0, 0.05) is 25.2 Å². The third-order valence-corrected chi connectivity index (χ3v) is 4.15. The van der Waals surface area contributed by atoms with Crippen LogP contribution in [-0.2, 0) is 13.5 Å². The third kappa shape index (κ3) is 2.38. The van der Waals surface area contributed by atoms with Gasteiger partial charge >= 0.3 is 0 Å². The lowest BCUT2D eigenvalue weighted by Gasteiger charge is -2.40. The van der Waals surface area contributed by atoms with Gasteiger partial charge in [0.05, 0.1) is 11.8 Å². The Kier molecular flexibility index (Phi) is 3.54. The molecular weight excluding hydrogens is 214 g/mol. The Labute approximate surface area is 103 Å². The molecule has 1 atom stereocenters. The van der Waals surface area contributed by atoms with Crippen molar-refractivity contribution in [2.45, 2.75) is 43.7 Å². The molecule has 96 valence electrons. The Morgan fingerprint density at radius 2 is 2.12 bits per heavy atom. The second kappa shape index (κ2) is 4.78. The topological polar surface area (TPSA) is 41.3 Å². The molecule has 0 radical (unpaired) electrons. The van der Waals surface area contributed by atoms with Gasteiger partial charge in [-0.05, 0) is 33.0 Å². The van der Waals surface area contributed by atoms with Gasteiger partial charge in [-0.15, -0.1) is 0 Å². The number of likely N-dealkylation sites (N-methyl/N-ethyl adjacent to an activating group) is 1. The Balaban J connectivity index is 2.09. The summed E-state index contributed by atoms with van der Waals surface area (Å²) in [4.78, 5) is 2.20. The molecule has 1 aliphatic carbocycles. The lowest BCUT2D eigenvalue weighted by atomic mass is 9.86. The monoisotopic (exact) mass is 237 g/mol. The van der Waals surface area contributed by atoms with Gasteiger partial charge in [0.2, 0.25) is 0 Å². The van der Waals surface area contributed by atoms with E-state index in [4.69, 9.17) is 0 Å². The number of aryl methyl sites for hydroxylation is 1. The summed E-state index contributed by atoms with van der Waals surface area (Å²) < 4.78 is 1.79. The normalized spacial score (nSPS) is 21.0. The molecular formula is C13H23N3O. The van der Waals surface area contributed by atoms with Crippen molar-refractivity contribution in [1.29, 1.82) is 0 Å². The SMILES string of the molecule is CN(C)C1(C(O)Cc2ccn(C)n2)CCCC1. The summed E-state index contributed by atoms with van der Waals surface area (Å²) in [6.45, 7) is 0. The van der Waals surface area contributed by atoms with Crippen LogP contribution < -0.4 is 0 Å². The maximum Gasteiger partial charge on any atom is 0.0779 e. The van der Waals surface area contributed by atoms with Crippen LogP contribution in [0.4, 0.5) is 0 Å². The first-order valence-corrected chi connectivity index (χ1v) is 6.38. The minimum atomic E-state index is -0.324. The first kappa shape index (κ1) is 12.6. The second-order valence-corrected chi connectivity index (χ2v) is 5.41. The van der Waals surface area contributed by atoms with Gasteiger partial charge in [-0.3, -0.25) is 4.68 Å². The van der Waals surface area contributed by atoms with Crippen LogP contribution in [0.25, 0.3) is 0 Å². The fraction of sp³-hybridized carbons (Fsp3) is 0.769. The summed E-state index contributed by atoms with van der Waals surface area (Å²) in [5.41, 5.74) is 0.936. The molecule has 1 aromatic rings. The highest BCUT2D eigenvalue weighted by molar-refractivity contribution is 5.07. The molecule has 4 nitrogen and oxygen atoms in total. The number of hydrogen-bond donors (Lipinski definition) is 1. The van der Waals surface area contributed by atoms with Crippen molar-refractivity contribution in [2.75, 3.05) is 14.1 Å². The van der Waals surface area contributed by atoms with Crippen LogP contribution >= 0.6 is 0 Å². The van der Waals surface area contributed by atoms with E-state index in [-0.39, 0.29) is 11.6 Å². The predicted octanol–water partition coefficient (Wildman–Crippen LogP) is 1.20. The van der Waals surface area contributed by atoms with Crippen molar-refractivity contribution >= 4 is 0 Å². The van der Waals surface area contributed by atoms with Crippen molar-refractivity contribution in [3.8, 4) is 0 Å². The van der Waals surface area contributed by atoms with E-state index in [2.05, 4.69) is 24.1 Å². The highest BCUT2D eigenvalue weighted by atomic mass is 16.3. The molecule has 0 amide bonds. The molecule has 1 saturated carbocycles. The molecule has 0 spiro atoms. The summed E-state index contributed by atoms with van der Waals surface area (Å²) in [7, 11) is 6.06. The zero-order valence-electron chi connectivity index (χ0n) is 11.1. The zero-order chi connectivity index (χ0) is 12.5. The van der Waals surface area contributed by atoms with Crippen molar-refractivity contribution in [2.24, 2.45) is 7.05 Å². The number of hydrogen-bond acceptors (Lipinski definition) is 3. The highest BCUT2D eigenvalue weighted by Crippen LogP contribution is 2.37. The molecule has 1 fully saturated rings. The van der Waals surface area contributed by atoms with Crippen molar-refractivity contribution in [3.63, 3.8) is 0 Å². The third-order valence-electron chi connectivity index (χ3n) is 4.15. The fourth-order valence-corrected chi connectivity index (χ4v) is 3.03. The van der Waals surface area contributed by atoms with Gasteiger partial charge < -0.3 is 10.0 Å². The minimum Gasteiger partial charge on any atom is -0.391 e. The van der Waals surface area contributed by atoms with E-state index in [0.29, 0.717) is 6.42 Å². The Morgan fingerprint density at radius 1 is 1.47 bits per heavy atom. The summed E-state index contributed by atoms with van der Waals surface area (Å²) in [6, 6.07) is 1.99. The second-order valence-electron chi connectivity index (χ2n) is 5.41. The van der Waals surface area contributed by atoms with E-state index < -0.39 is 0 Å². The summed E-state index contributed by atoms with van der Waals surface area (Å²) in [6.07, 6.45) is 6.88. The predicted molar refractivity (Wildman–Crippen MR) is 67.8 cm³/mol. The van der Waals surface area contributed by atoms with Crippen LogP contribution in [0.15, 0.2) is 12.3 Å². The number of rotatable bonds is 4. The van der Waals surface area contributed by atoms with E-state index in [9.17, 15) is 5.11 Å². The first-order chi connectivity index (χ1) is 8.04.